The van der Waals surface area contributed by atoms with E-state index < -0.39 is 23.4 Å². The number of carbonyl (C=O) groups is 1. The third-order valence-corrected chi connectivity index (χ3v) is 5.05. The van der Waals surface area contributed by atoms with Gasteiger partial charge in [-0.3, -0.25) is 4.98 Å². The van der Waals surface area contributed by atoms with Gasteiger partial charge in [0.05, 0.1) is 18.1 Å². The molecule has 0 fully saturated rings. The van der Waals surface area contributed by atoms with Gasteiger partial charge in [-0.2, -0.15) is 0 Å². The standard InChI is InChI=1S/C23H17F3N2O3/c24-14-6-7-22(31-12-13-4-5-15(25)9-19(13)26)18(8-14)16-2-1-3-17(16)20-10-27-11-21(28-20)23(29)30/h4-11H,1-3,12H2,(H,29,30). The van der Waals surface area contributed by atoms with E-state index in [-0.39, 0.29) is 17.9 Å². The van der Waals surface area contributed by atoms with Crippen molar-refractivity contribution in [3.8, 4) is 5.75 Å². The van der Waals surface area contributed by atoms with Gasteiger partial charge in [0, 0.05) is 17.2 Å². The van der Waals surface area contributed by atoms with E-state index in [2.05, 4.69) is 9.97 Å². The SMILES string of the molecule is O=C(O)c1cncc(C2=C(c3cc(F)ccc3OCc3ccc(F)cc3F)CCC2)n1. The van der Waals surface area contributed by atoms with Gasteiger partial charge < -0.3 is 9.84 Å². The van der Waals surface area contributed by atoms with Crippen LogP contribution < -0.4 is 4.74 Å². The van der Waals surface area contributed by atoms with E-state index in [0.29, 0.717) is 29.8 Å². The molecule has 1 aliphatic carbocycles. The summed E-state index contributed by atoms with van der Waals surface area (Å²) in [7, 11) is 0. The molecule has 1 aromatic heterocycles. The highest BCUT2D eigenvalue weighted by molar-refractivity contribution is 5.94. The van der Waals surface area contributed by atoms with Gasteiger partial charge in [0.15, 0.2) is 5.69 Å². The summed E-state index contributed by atoms with van der Waals surface area (Å²) in [6.45, 7) is -0.165. The fourth-order valence-electron chi connectivity index (χ4n) is 3.60. The smallest absolute Gasteiger partial charge is 0.356 e. The van der Waals surface area contributed by atoms with Gasteiger partial charge in [0.1, 0.15) is 29.8 Å². The number of allylic oxidation sites excluding steroid dienone is 2. The summed E-state index contributed by atoms with van der Waals surface area (Å²) in [5.74, 6) is -2.74. The molecule has 3 aromatic rings. The van der Waals surface area contributed by atoms with Crippen molar-refractivity contribution in [2.75, 3.05) is 0 Å². The second-order valence-electron chi connectivity index (χ2n) is 7.07. The van der Waals surface area contributed by atoms with Crippen LogP contribution in [0, 0.1) is 17.5 Å². The normalized spacial score (nSPS) is 13.5. The van der Waals surface area contributed by atoms with Crippen LogP contribution in [-0.4, -0.2) is 21.0 Å². The van der Waals surface area contributed by atoms with Gasteiger partial charge in [0.2, 0.25) is 0 Å². The van der Waals surface area contributed by atoms with Crippen molar-refractivity contribution < 1.29 is 27.8 Å². The number of carboxylic acids is 1. The summed E-state index contributed by atoms with van der Waals surface area (Å²) < 4.78 is 46.9. The number of benzene rings is 2. The molecule has 1 aliphatic rings. The van der Waals surface area contributed by atoms with Crippen molar-refractivity contribution in [2.45, 2.75) is 25.9 Å². The lowest BCUT2D eigenvalue weighted by Gasteiger charge is -2.15. The molecule has 31 heavy (non-hydrogen) atoms. The van der Waals surface area contributed by atoms with Crippen LogP contribution in [0.5, 0.6) is 5.75 Å². The Balaban J connectivity index is 1.71. The van der Waals surface area contributed by atoms with Crippen molar-refractivity contribution in [2.24, 2.45) is 0 Å². The molecule has 8 heteroatoms. The zero-order valence-electron chi connectivity index (χ0n) is 16.2. The van der Waals surface area contributed by atoms with Crippen LogP contribution in [0.1, 0.15) is 46.6 Å². The highest BCUT2D eigenvalue weighted by atomic mass is 19.1. The molecule has 0 spiro atoms. The third-order valence-electron chi connectivity index (χ3n) is 5.05. The molecule has 158 valence electrons. The van der Waals surface area contributed by atoms with Crippen LogP contribution in [0.3, 0.4) is 0 Å². The first-order chi connectivity index (χ1) is 14.9. The minimum absolute atomic E-state index is 0.164. The Kier molecular flexibility index (Phi) is 5.70. The van der Waals surface area contributed by atoms with E-state index >= 15 is 0 Å². The Morgan fingerprint density at radius 2 is 1.74 bits per heavy atom. The lowest BCUT2D eigenvalue weighted by molar-refractivity contribution is 0.0690. The summed E-state index contributed by atoms with van der Waals surface area (Å²) in [5, 5.41) is 9.19. The topological polar surface area (TPSA) is 72.3 Å². The highest BCUT2D eigenvalue weighted by Crippen LogP contribution is 2.42. The molecule has 1 N–H and O–H groups in total. The van der Waals surface area contributed by atoms with Crippen molar-refractivity contribution in [3.63, 3.8) is 0 Å². The maximum absolute atomic E-state index is 14.1. The molecule has 0 amide bonds. The molecule has 0 saturated carbocycles. The van der Waals surface area contributed by atoms with Crippen LogP contribution in [-0.2, 0) is 6.61 Å². The van der Waals surface area contributed by atoms with Gasteiger partial charge in [0.25, 0.3) is 0 Å². The zero-order valence-corrected chi connectivity index (χ0v) is 16.2. The minimum Gasteiger partial charge on any atom is -0.488 e. The molecule has 5 nitrogen and oxygen atoms in total. The quantitative estimate of drug-likeness (QED) is 0.582. The molecular formula is C23H17F3N2O3. The summed E-state index contributed by atoms with van der Waals surface area (Å²) in [6.07, 6.45) is 4.64. The molecule has 0 saturated heterocycles. The fraction of sp³-hybridized carbons (Fsp3) is 0.174. The maximum Gasteiger partial charge on any atom is 0.356 e. The lowest BCUT2D eigenvalue weighted by atomic mass is 9.99. The molecule has 0 aliphatic heterocycles. The number of aromatic nitrogens is 2. The van der Waals surface area contributed by atoms with E-state index in [9.17, 15) is 23.1 Å². The van der Waals surface area contributed by atoms with E-state index in [4.69, 9.17) is 4.74 Å². The van der Waals surface area contributed by atoms with E-state index in [1.807, 2.05) is 0 Å². The van der Waals surface area contributed by atoms with Crippen molar-refractivity contribution in [3.05, 3.63) is 88.8 Å². The van der Waals surface area contributed by atoms with Gasteiger partial charge in [-0.05, 0) is 60.7 Å². The van der Waals surface area contributed by atoms with Crippen LogP contribution >= 0.6 is 0 Å². The second kappa shape index (κ2) is 8.59. The van der Waals surface area contributed by atoms with Crippen LogP contribution in [0.15, 0.2) is 48.8 Å². The van der Waals surface area contributed by atoms with Gasteiger partial charge in [-0.25, -0.2) is 22.9 Å². The molecule has 0 bridgehead atoms. The minimum atomic E-state index is -1.19. The molecular weight excluding hydrogens is 409 g/mol. The largest absolute Gasteiger partial charge is 0.488 e. The number of carboxylic acid groups (broad SMARTS) is 1. The molecule has 0 radical (unpaired) electrons. The predicted octanol–water partition coefficient (Wildman–Crippen LogP) is 5.27. The lowest BCUT2D eigenvalue weighted by Crippen LogP contribution is -2.04. The Morgan fingerprint density at radius 3 is 2.52 bits per heavy atom. The summed E-state index contributed by atoms with van der Waals surface area (Å²) in [4.78, 5) is 19.4. The first-order valence-electron chi connectivity index (χ1n) is 9.57. The first-order valence-corrected chi connectivity index (χ1v) is 9.57. The number of hydrogen-bond acceptors (Lipinski definition) is 4. The highest BCUT2D eigenvalue weighted by Gasteiger charge is 2.23. The Morgan fingerprint density at radius 1 is 1.00 bits per heavy atom. The first kappa shape index (κ1) is 20.6. The van der Waals surface area contributed by atoms with Crippen molar-refractivity contribution in [1.82, 2.24) is 9.97 Å². The van der Waals surface area contributed by atoms with Crippen LogP contribution in [0.2, 0.25) is 0 Å². The molecule has 1 heterocycles. The average Bonchev–Trinajstić information content (AvgIpc) is 3.23. The fourth-order valence-corrected chi connectivity index (χ4v) is 3.60. The van der Waals surface area contributed by atoms with Crippen LogP contribution in [0.4, 0.5) is 13.2 Å². The molecule has 2 aromatic carbocycles. The van der Waals surface area contributed by atoms with Gasteiger partial charge >= 0.3 is 5.97 Å². The number of aromatic carboxylic acids is 1. The average molecular weight is 426 g/mol. The number of ether oxygens (including phenoxy) is 1. The monoisotopic (exact) mass is 426 g/mol. The van der Waals surface area contributed by atoms with Crippen molar-refractivity contribution >= 4 is 17.1 Å². The Labute approximate surface area is 175 Å². The van der Waals surface area contributed by atoms with Crippen molar-refractivity contribution in [1.29, 1.82) is 0 Å². The summed E-state index contributed by atoms with van der Waals surface area (Å²) in [6, 6.07) is 7.22. The van der Waals surface area contributed by atoms with Gasteiger partial charge in [-0.15, -0.1) is 0 Å². The Hall–Kier alpha value is -3.68. The summed E-state index contributed by atoms with van der Waals surface area (Å²) in [5.41, 5.74) is 2.41. The maximum atomic E-state index is 14.1. The van der Waals surface area contributed by atoms with E-state index in [0.717, 1.165) is 35.9 Å². The summed E-state index contributed by atoms with van der Waals surface area (Å²) >= 11 is 0. The number of nitrogens with zero attached hydrogens (tertiary/aromatic N) is 2. The Bertz CT molecular complexity index is 1190. The van der Waals surface area contributed by atoms with E-state index in [1.54, 1.807) is 0 Å². The predicted molar refractivity (Wildman–Crippen MR) is 107 cm³/mol. The van der Waals surface area contributed by atoms with Gasteiger partial charge in [-0.1, -0.05) is 0 Å². The molecule has 0 atom stereocenters. The number of rotatable bonds is 6. The molecule has 0 unspecified atom stereocenters. The number of hydrogen-bond donors (Lipinski definition) is 1. The second-order valence-corrected chi connectivity index (χ2v) is 7.07. The number of halogens is 3. The van der Waals surface area contributed by atoms with Crippen LogP contribution in [0.25, 0.3) is 11.1 Å². The molecule has 4 rings (SSSR count). The third kappa shape index (κ3) is 4.42. The van der Waals surface area contributed by atoms with E-state index in [1.165, 1.54) is 30.5 Å². The zero-order chi connectivity index (χ0) is 22.0.